The van der Waals surface area contributed by atoms with Crippen molar-refractivity contribution in [1.29, 1.82) is 0 Å². The van der Waals surface area contributed by atoms with Crippen molar-refractivity contribution in [1.82, 2.24) is 14.9 Å². The minimum Gasteiger partial charge on any atom is -0.357 e. The number of rotatable bonds is 2. The Labute approximate surface area is 166 Å². The van der Waals surface area contributed by atoms with Crippen molar-refractivity contribution >= 4 is 40.5 Å². The van der Waals surface area contributed by atoms with Crippen LogP contribution in [0.5, 0.6) is 0 Å². The second-order valence-corrected chi connectivity index (χ2v) is 7.44. The number of H-pyrrole nitrogens is 1. The number of nitrogens with one attached hydrogen (secondary N) is 1. The first-order valence-electron chi connectivity index (χ1n) is 9.09. The number of hydrogen-bond donors (Lipinski definition) is 1. The number of carbonyl (C=O) groups is 2. The molecule has 28 heavy (non-hydrogen) atoms. The van der Waals surface area contributed by atoms with Gasteiger partial charge in [-0.05, 0) is 17.7 Å². The molecule has 0 bridgehead atoms. The Morgan fingerprint density at radius 2 is 1.86 bits per heavy atom. The van der Waals surface area contributed by atoms with Crippen LogP contribution in [0, 0.1) is 0 Å². The highest BCUT2D eigenvalue weighted by molar-refractivity contribution is 6.33. The van der Waals surface area contributed by atoms with Crippen molar-refractivity contribution < 1.29 is 9.59 Å². The number of benzene rings is 2. The van der Waals surface area contributed by atoms with Crippen LogP contribution in [-0.4, -0.2) is 45.5 Å². The number of hydrogen-bond acceptors (Lipinski definition) is 3. The third-order valence-corrected chi connectivity index (χ3v) is 5.73. The number of para-hydroxylation sites is 1. The molecule has 2 amide bonds. The van der Waals surface area contributed by atoms with Crippen LogP contribution in [0.15, 0.2) is 53.6 Å². The summed E-state index contributed by atoms with van der Waals surface area (Å²) in [5, 5.41) is 7.17. The van der Waals surface area contributed by atoms with E-state index in [0.717, 1.165) is 22.2 Å². The van der Waals surface area contributed by atoms with E-state index in [2.05, 4.69) is 10.1 Å². The maximum absolute atomic E-state index is 13.1. The smallest absolute Gasteiger partial charge is 0.266 e. The van der Waals surface area contributed by atoms with Crippen LogP contribution in [0.1, 0.15) is 16.8 Å². The number of fused-ring (bicyclic) bond motifs is 4. The van der Waals surface area contributed by atoms with E-state index < -0.39 is 6.04 Å². The number of aromatic nitrogens is 1. The topological polar surface area (TPSA) is 68.8 Å². The molecule has 1 unspecified atom stereocenters. The average Bonchev–Trinajstić information content (AvgIpc) is 3.07. The summed E-state index contributed by atoms with van der Waals surface area (Å²) in [5.41, 5.74) is 3.84. The highest BCUT2D eigenvalue weighted by Crippen LogP contribution is 2.32. The van der Waals surface area contributed by atoms with Gasteiger partial charge in [-0.1, -0.05) is 48.0 Å². The molecule has 2 aliphatic rings. The highest BCUT2D eigenvalue weighted by atomic mass is 35.5. The number of hydrazone groups is 1. The Balaban J connectivity index is 1.46. The lowest BCUT2D eigenvalue weighted by atomic mass is 9.94. The van der Waals surface area contributed by atoms with E-state index in [4.69, 9.17) is 11.6 Å². The van der Waals surface area contributed by atoms with E-state index >= 15 is 0 Å². The summed E-state index contributed by atoms with van der Waals surface area (Å²) in [4.78, 5) is 30.8. The van der Waals surface area contributed by atoms with Crippen LogP contribution in [0.3, 0.4) is 0 Å². The summed E-state index contributed by atoms with van der Waals surface area (Å²) in [6.45, 7) is 0.354. The molecular weight excluding hydrogens is 376 g/mol. The minimum absolute atomic E-state index is 0.0636. The van der Waals surface area contributed by atoms with Gasteiger partial charge in [-0.3, -0.25) is 9.59 Å². The van der Waals surface area contributed by atoms with E-state index in [1.165, 1.54) is 11.2 Å². The van der Waals surface area contributed by atoms with E-state index in [-0.39, 0.29) is 18.4 Å². The van der Waals surface area contributed by atoms with Gasteiger partial charge in [0.25, 0.3) is 5.91 Å². The summed E-state index contributed by atoms with van der Waals surface area (Å²) in [7, 11) is 0. The molecule has 5 rings (SSSR count). The standard InChI is InChI=1S/C21H17ClN4O2/c22-16-7-3-1-5-13(16)10-23-26-12-20(27)25-11-18-15(9-19(25)21(26)28)14-6-2-4-8-17(14)24-18/h1-8,10,19,24H,9,11-12H2. The fourth-order valence-electron chi connectivity index (χ4n) is 3.97. The molecule has 1 N–H and O–H groups in total. The first-order valence-corrected chi connectivity index (χ1v) is 9.47. The van der Waals surface area contributed by atoms with Gasteiger partial charge in [-0.25, -0.2) is 5.01 Å². The quantitative estimate of drug-likeness (QED) is 0.681. The summed E-state index contributed by atoms with van der Waals surface area (Å²) < 4.78 is 0. The number of halogens is 1. The number of amides is 2. The second-order valence-electron chi connectivity index (χ2n) is 7.03. The van der Waals surface area contributed by atoms with Crippen molar-refractivity contribution in [3.8, 4) is 0 Å². The molecular formula is C21H17ClN4O2. The molecule has 0 spiro atoms. The van der Waals surface area contributed by atoms with Gasteiger partial charge >= 0.3 is 0 Å². The fraction of sp³-hybridized carbons (Fsp3) is 0.190. The molecule has 140 valence electrons. The van der Waals surface area contributed by atoms with Crippen molar-refractivity contribution in [2.24, 2.45) is 5.10 Å². The van der Waals surface area contributed by atoms with Gasteiger partial charge in [0.05, 0.1) is 12.8 Å². The van der Waals surface area contributed by atoms with E-state index in [1.54, 1.807) is 11.0 Å². The zero-order chi connectivity index (χ0) is 19.3. The Morgan fingerprint density at radius 1 is 1.07 bits per heavy atom. The van der Waals surface area contributed by atoms with Gasteiger partial charge < -0.3 is 9.88 Å². The van der Waals surface area contributed by atoms with Gasteiger partial charge in [0, 0.05) is 33.6 Å². The van der Waals surface area contributed by atoms with Crippen LogP contribution in [-0.2, 0) is 22.6 Å². The van der Waals surface area contributed by atoms with Crippen LogP contribution in [0.4, 0.5) is 0 Å². The number of piperazine rings is 1. The number of aromatic amines is 1. The SMILES string of the molecule is O=C1C2Cc3c([nH]c4ccccc34)CN2C(=O)CN1N=Cc1ccccc1Cl. The number of nitrogens with zero attached hydrogens (tertiary/aromatic N) is 3. The molecule has 2 aromatic carbocycles. The maximum Gasteiger partial charge on any atom is 0.266 e. The van der Waals surface area contributed by atoms with Crippen molar-refractivity contribution in [3.63, 3.8) is 0 Å². The predicted octanol–water partition coefficient (Wildman–Crippen LogP) is 2.95. The Bertz CT molecular complexity index is 1140. The lowest BCUT2D eigenvalue weighted by Gasteiger charge is -2.40. The molecule has 3 aromatic rings. The third-order valence-electron chi connectivity index (χ3n) is 5.39. The molecule has 7 heteroatoms. The van der Waals surface area contributed by atoms with E-state index in [0.29, 0.717) is 23.6 Å². The molecule has 0 saturated carbocycles. The van der Waals surface area contributed by atoms with Gasteiger partial charge in [0.15, 0.2) is 0 Å². The van der Waals surface area contributed by atoms with Gasteiger partial charge in [0.2, 0.25) is 5.91 Å². The second kappa shape index (κ2) is 6.49. The van der Waals surface area contributed by atoms with Crippen LogP contribution in [0.2, 0.25) is 5.02 Å². The monoisotopic (exact) mass is 392 g/mol. The normalized spacial score (nSPS) is 19.4. The van der Waals surface area contributed by atoms with Crippen LogP contribution < -0.4 is 0 Å². The molecule has 1 fully saturated rings. The van der Waals surface area contributed by atoms with Crippen LogP contribution >= 0.6 is 11.6 Å². The molecule has 3 heterocycles. The third kappa shape index (κ3) is 2.68. The molecule has 0 aliphatic carbocycles. The summed E-state index contributed by atoms with van der Waals surface area (Å²) in [6.07, 6.45) is 2.02. The Morgan fingerprint density at radius 3 is 2.71 bits per heavy atom. The first kappa shape index (κ1) is 17.0. The zero-order valence-electron chi connectivity index (χ0n) is 14.9. The molecule has 0 radical (unpaired) electrons. The van der Waals surface area contributed by atoms with E-state index in [1.807, 2.05) is 42.5 Å². The average molecular weight is 393 g/mol. The summed E-state index contributed by atoms with van der Waals surface area (Å²) in [5.74, 6) is -0.274. The molecule has 1 aromatic heterocycles. The predicted molar refractivity (Wildman–Crippen MR) is 107 cm³/mol. The lowest BCUT2D eigenvalue weighted by molar-refractivity contribution is -0.157. The van der Waals surface area contributed by atoms with Gasteiger partial charge in [-0.2, -0.15) is 5.10 Å². The molecule has 1 atom stereocenters. The molecule has 6 nitrogen and oxygen atoms in total. The van der Waals surface area contributed by atoms with Crippen molar-refractivity contribution in [2.45, 2.75) is 19.0 Å². The minimum atomic E-state index is -0.531. The highest BCUT2D eigenvalue weighted by Gasteiger charge is 2.43. The lowest BCUT2D eigenvalue weighted by Crippen LogP contribution is -2.60. The fourth-order valence-corrected chi connectivity index (χ4v) is 4.15. The van der Waals surface area contributed by atoms with Crippen molar-refractivity contribution in [2.75, 3.05) is 6.54 Å². The molecule has 2 aliphatic heterocycles. The Hall–Kier alpha value is -3.12. The van der Waals surface area contributed by atoms with Gasteiger partial charge in [-0.15, -0.1) is 0 Å². The zero-order valence-corrected chi connectivity index (χ0v) is 15.7. The Kier molecular flexibility index (Phi) is 3.94. The van der Waals surface area contributed by atoms with Crippen LogP contribution in [0.25, 0.3) is 10.9 Å². The summed E-state index contributed by atoms with van der Waals surface area (Å²) in [6, 6.07) is 14.7. The van der Waals surface area contributed by atoms with Crippen molar-refractivity contribution in [3.05, 3.63) is 70.4 Å². The van der Waals surface area contributed by atoms with Gasteiger partial charge in [0.1, 0.15) is 12.6 Å². The summed E-state index contributed by atoms with van der Waals surface area (Å²) >= 11 is 6.14. The largest absolute Gasteiger partial charge is 0.357 e. The molecule has 1 saturated heterocycles. The van der Waals surface area contributed by atoms with E-state index in [9.17, 15) is 9.59 Å². The maximum atomic E-state index is 13.1. The number of carbonyl (C=O) groups excluding carboxylic acids is 2. The first-order chi connectivity index (χ1) is 13.6.